The molecule has 0 amide bonds. The van der Waals surface area contributed by atoms with Gasteiger partial charge in [-0.2, -0.15) is 0 Å². The number of rotatable bonds is 7. The summed E-state index contributed by atoms with van der Waals surface area (Å²) in [6.45, 7) is 13.2. The van der Waals surface area contributed by atoms with Crippen molar-refractivity contribution < 1.29 is 27.3 Å². The van der Waals surface area contributed by atoms with Crippen molar-refractivity contribution >= 4 is 50.8 Å². The Hall–Kier alpha value is -4.36. The van der Waals surface area contributed by atoms with Gasteiger partial charge in [0, 0.05) is 37.7 Å². The van der Waals surface area contributed by atoms with Crippen LogP contribution in [0.1, 0.15) is 59.7 Å². The average Bonchev–Trinajstić information content (AvgIpc) is 3.72. The van der Waals surface area contributed by atoms with Gasteiger partial charge in [0.15, 0.2) is 0 Å². The van der Waals surface area contributed by atoms with E-state index in [9.17, 15) is 0 Å². The van der Waals surface area contributed by atoms with E-state index in [1.54, 1.807) is 0 Å². The maximum atomic E-state index is 8.70. The van der Waals surface area contributed by atoms with Crippen molar-refractivity contribution in [2.45, 2.75) is 77.1 Å². The van der Waals surface area contributed by atoms with E-state index in [0.717, 1.165) is 72.2 Å². The van der Waals surface area contributed by atoms with Crippen molar-refractivity contribution in [1.82, 2.24) is 19.5 Å². The van der Waals surface area contributed by atoms with Crippen LogP contribution in [0, 0.1) is 25.0 Å². The van der Waals surface area contributed by atoms with E-state index in [-0.39, 0.29) is 31.4 Å². The van der Waals surface area contributed by atoms with Crippen molar-refractivity contribution in [3.05, 3.63) is 144 Å². The Labute approximate surface area is 345 Å². The molecular weight excluding hydrogens is 913 g/mol. The number of furan rings is 1. The van der Waals surface area contributed by atoms with Crippen LogP contribution < -0.4 is 4.40 Å². The van der Waals surface area contributed by atoms with E-state index in [2.05, 4.69) is 108 Å². The van der Waals surface area contributed by atoms with Crippen LogP contribution in [0.3, 0.4) is 0 Å². The van der Waals surface area contributed by atoms with E-state index in [1.807, 2.05) is 81.6 Å². The first-order valence-corrected chi connectivity index (χ1v) is 26.1. The Morgan fingerprint density at radius 2 is 1.58 bits per heavy atom. The predicted octanol–water partition coefficient (Wildman–Crippen LogP) is 11.7. The summed E-state index contributed by atoms with van der Waals surface area (Å²) >= 11 is -2.25. The molecular formula is C48H50GeIrN4O-2. The number of aryl methyl sites for hydroxylation is 1. The number of aromatic nitrogens is 4. The Morgan fingerprint density at radius 3 is 2.31 bits per heavy atom. The van der Waals surface area contributed by atoms with Gasteiger partial charge in [0.1, 0.15) is 0 Å². The van der Waals surface area contributed by atoms with Gasteiger partial charge in [-0.1, -0.05) is 53.4 Å². The molecule has 0 aliphatic rings. The Bertz CT molecular complexity index is 2670. The van der Waals surface area contributed by atoms with Crippen LogP contribution in [0.2, 0.25) is 17.3 Å². The van der Waals surface area contributed by atoms with Crippen LogP contribution in [-0.4, -0.2) is 32.8 Å². The molecule has 0 bridgehead atoms. The van der Waals surface area contributed by atoms with Crippen LogP contribution in [0.15, 0.2) is 114 Å². The molecule has 0 N–H and O–H groups in total. The summed E-state index contributed by atoms with van der Waals surface area (Å²) in [5, 5.41) is 2.04. The molecule has 4 aromatic carbocycles. The number of fused-ring (bicyclic) bond motifs is 4. The van der Waals surface area contributed by atoms with Crippen LogP contribution in [0.5, 0.6) is 0 Å². The fraction of sp³-hybridized carbons (Fsp3) is 0.271. The van der Waals surface area contributed by atoms with Crippen LogP contribution in [0.4, 0.5) is 0 Å². The third kappa shape index (κ3) is 8.88. The molecule has 1 radical (unpaired) electrons. The van der Waals surface area contributed by atoms with Gasteiger partial charge in [0.05, 0.1) is 22.4 Å². The quantitative estimate of drug-likeness (QED) is 0.118. The van der Waals surface area contributed by atoms with Gasteiger partial charge < -0.3 is 8.98 Å². The van der Waals surface area contributed by atoms with E-state index in [1.165, 1.54) is 11.1 Å². The first kappa shape index (κ1) is 37.6. The van der Waals surface area contributed by atoms with E-state index >= 15 is 0 Å². The van der Waals surface area contributed by atoms with Gasteiger partial charge in [-0.25, -0.2) is 4.98 Å². The second kappa shape index (κ2) is 16.4. The Morgan fingerprint density at radius 1 is 0.855 bits per heavy atom. The molecule has 4 heterocycles. The minimum atomic E-state index is -2.25. The molecule has 0 saturated heterocycles. The summed E-state index contributed by atoms with van der Waals surface area (Å²) in [5.74, 6) is 7.64. The van der Waals surface area contributed by atoms with E-state index < -0.39 is 19.6 Å². The number of para-hydroxylation sites is 2. The Balaban J connectivity index is 0.000000192. The number of benzene rings is 4. The van der Waals surface area contributed by atoms with Gasteiger partial charge in [-0.05, 0) is 36.8 Å². The second-order valence-electron chi connectivity index (χ2n) is 16.4. The molecule has 283 valence electrons. The first-order chi connectivity index (χ1) is 26.5. The van der Waals surface area contributed by atoms with Gasteiger partial charge in [0.2, 0.25) is 5.71 Å². The van der Waals surface area contributed by atoms with Crippen LogP contribution in [-0.2, 0) is 38.4 Å². The largest absolute Gasteiger partial charge is 0 e. The van der Waals surface area contributed by atoms with E-state index in [0.29, 0.717) is 5.71 Å². The van der Waals surface area contributed by atoms with Gasteiger partial charge in [0.25, 0.3) is 0 Å². The van der Waals surface area contributed by atoms with Crippen molar-refractivity contribution in [3.63, 3.8) is 0 Å². The first-order valence-electron chi connectivity index (χ1n) is 19.8. The molecule has 8 rings (SSSR count). The van der Waals surface area contributed by atoms with Gasteiger partial charge in [-0.15, -0.1) is 18.2 Å². The number of imidazole rings is 1. The predicted molar refractivity (Wildman–Crippen MR) is 228 cm³/mol. The van der Waals surface area contributed by atoms with E-state index in [4.69, 9.17) is 17.1 Å². The number of nitrogens with zero attached hydrogens (tertiary/aromatic N) is 4. The normalized spacial score (nSPS) is 12.7. The molecule has 0 fully saturated rings. The topological polar surface area (TPSA) is 56.7 Å². The number of hydrogen-bond acceptors (Lipinski definition) is 4. The summed E-state index contributed by atoms with van der Waals surface area (Å²) in [7, 11) is 0. The van der Waals surface area contributed by atoms with Crippen LogP contribution in [0.25, 0.3) is 55.7 Å². The standard InChI is InChI=1S/C26H18N3O.C22H32GeN.Ir/c1-17-14-15-20-19-10-7-11-21(24(19)30-26(20)27-17)25-28-22-12-5-6-13-23(22)29(25)16-18-8-3-2-4-9-18;1-16(2)12-18-14-21(24-15-20(18)23(6,7)8)17-10-9-11-19(13-17)22(3,4)5;/h2-10,12-15H,16H2,1H3;9,11,13-16H,12H2,1-8H3;/q2*-1;/i;12D2;. The summed E-state index contributed by atoms with van der Waals surface area (Å²) in [4.78, 5) is 14.3. The molecule has 0 atom stereocenters. The zero-order valence-electron chi connectivity index (χ0n) is 35.2. The molecule has 8 aromatic rings. The fourth-order valence-corrected chi connectivity index (χ4v) is 9.73. The molecule has 55 heavy (non-hydrogen) atoms. The van der Waals surface area contributed by atoms with Crippen molar-refractivity contribution in [2.75, 3.05) is 0 Å². The smallest absolute Gasteiger partial charge is 0 e. The number of hydrogen-bond donors (Lipinski definition) is 0. The fourth-order valence-electron chi connectivity index (χ4n) is 6.78. The van der Waals surface area contributed by atoms with Gasteiger partial charge >= 0.3 is 154 Å². The number of pyridine rings is 2. The third-order valence-corrected chi connectivity index (χ3v) is 13.8. The Kier molecular flexibility index (Phi) is 11.2. The molecule has 7 heteroatoms. The van der Waals surface area contributed by atoms with Crippen molar-refractivity contribution in [3.8, 4) is 22.6 Å². The molecule has 0 aliphatic heterocycles. The minimum Gasteiger partial charge on any atom is 0 e. The SMILES string of the molecule is Cc1ccc2c(n1)oc1c(-c3nc4ccccc4n3Cc3ccccc3)[c-]ccc12.[2H]C([2H])(c1cc(-c2[c-]ccc(C(C)(C)C)c2)nc[c]1[Ge]([CH3])([CH3])[CH3])C(C)C.[Ir]. The molecule has 5 nitrogen and oxygen atoms in total. The molecule has 4 aromatic heterocycles. The van der Waals surface area contributed by atoms with Gasteiger partial charge in [-0.3, -0.25) is 4.98 Å². The minimum absolute atomic E-state index is 0. The second-order valence-corrected chi connectivity index (χ2v) is 27.0. The van der Waals surface area contributed by atoms with Crippen LogP contribution >= 0.6 is 0 Å². The van der Waals surface area contributed by atoms with Crippen molar-refractivity contribution in [2.24, 2.45) is 5.92 Å². The molecule has 0 saturated carbocycles. The zero-order chi connectivity index (χ0) is 40.0. The summed E-state index contributed by atoms with van der Waals surface area (Å²) in [6.07, 6.45) is 0.565. The summed E-state index contributed by atoms with van der Waals surface area (Å²) in [5.41, 5.74) is 10.3. The third-order valence-electron chi connectivity index (χ3n) is 9.60. The average molecular weight is 966 g/mol. The molecule has 0 unspecified atom stereocenters. The molecule has 0 aliphatic carbocycles. The summed E-state index contributed by atoms with van der Waals surface area (Å²) in [6, 6.07) is 41.5. The monoisotopic (exact) mass is 967 g/mol. The summed E-state index contributed by atoms with van der Waals surface area (Å²) < 4.78 is 27.0. The molecule has 0 spiro atoms. The zero-order valence-corrected chi connectivity index (χ0v) is 37.7. The maximum absolute atomic E-state index is 8.70. The van der Waals surface area contributed by atoms with Crippen molar-refractivity contribution in [1.29, 1.82) is 0 Å². The maximum Gasteiger partial charge on any atom is 0 e.